The van der Waals surface area contributed by atoms with Crippen LogP contribution < -0.4 is 0 Å². The van der Waals surface area contributed by atoms with Crippen molar-refractivity contribution in [1.29, 1.82) is 0 Å². The fourth-order valence-corrected chi connectivity index (χ4v) is 6.89. The molecule has 0 aliphatic heterocycles. The first-order valence-corrected chi connectivity index (χ1v) is 25.8. The molecule has 0 aromatic rings. The Morgan fingerprint density at radius 3 is 1.06 bits per heavy atom. The van der Waals surface area contributed by atoms with Crippen LogP contribution in [0.1, 0.15) is 226 Å². The molecule has 1 atom stereocenters. The summed E-state index contributed by atoms with van der Waals surface area (Å²) in [5.74, 6) is -0.585. The monoisotopic (exact) mass is 861 g/mol. The molecule has 0 N–H and O–H groups in total. The van der Waals surface area contributed by atoms with E-state index in [9.17, 15) is 9.59 Å². The molecule has 0 saturated heterocycles. The zero-order valence-corrected chi connectivity index (χ0v) is 40.6. The van der Waals surface area contributed by atoms with Crippen molar-refractivity contribution in [3.8, 4) is 0 Å². The van der Waals surface area contributed by atoms with Crippen LogP contribution in [-0.2, 0) is 23.8 Å². The van der Waals surface area contributed by atoms with Gasteiger partial charge in [-0.05, 0) is 70.6 Å². The first kappa shape index (κ1) is 58.8. The highest BCUT2D eigenvalue weighted by atomic mass is 16.6. The molecule has 1 unspecified atom stereocenters. The number of carbonyl (C=O) groups is 2. The zero-order chi connectivity index (χ0) is 44.9. The number of hydrogen-bond donors (Lipinski definition) is 0. The zero-order valence-electron chi connectivity index (χ0n) is 40.6. The molecule has 0 aliphatic carbocycles. The molecule has 0 aromatic heterocycles. The van der Waals surface area contributed by atoms with Crippen molar-refractivity contribution >= 4 is 11.9 Å². The highest BCUT2D eigenvalue weighted by Gasteiger charge is 2.17. The standard InChI is InChI=1S/C57H96O5/c1-4-7-10-13-16-19-22-25-26-27-28-29-30-31-34-37-40-43-46-49-52-60-53-55(62-57(59)51-48-45-42-39-36-33-24-21-18-15-12-9-6-3)54-61-56(58)50-47-44-41-38-35-32-23-20-17-14-11-8-5-2/h8-9,11-12,17-18,20-21,32-33,35-36,41-42,44-45,55H,4-7,10,13-16,19,22-31,34,37-40,43,46-54H2,1-3H3/b11-8-,12-9-,20-17-,21-18-,35-32-,36-33-,44-41-,45-42-. The number of carbonyl (C=O) groups excluding carboxylic acids is 2. The molecule has 0 aliphatic rings. The van der Waals surface area contributed by atoms with Crippen LogP contribution in [0, 0.1) is 0 Å². The molecular weight excluding hydrogens is 765 g/mol. The first-order valence-electron chi connectivity index (χ1n) is 25.8. The number of hydrogen-bond acceptors (Lipinski definition) is 5. The van der Waals surface area contributed by atoms with Crippen LogP contribution in [0.25, 0.3) is 0 Å². The summed E-state index contributed by atoms with van der Waals surface area (Å²) in [6.45, 7) is 7.45. The van der Waals surface area contributed by atoms with Crippen LogP contribution in [0.2, 0.25) is 0 Å². The van der Waals surface area contributed by atoms with E-state index in [1.807, 2.05) is 12.2 Å². The second kappa shape index (κ2) is 52.2. The van der Waals surface area contributed by atoms with E-state index in [-0.39, 0.29) is 31.6 Å². The summed E-state index contributed by atoms with van der Waals surface area (Å²) in [5, 5.41) is 0. The number of unbranched alkanes of at least 4 members (excludes halogenated alkanes) is 19. The number of allylic oxidation sites excluding steroid dienone is 16. The van der Waals surface area contributed by atoms with Crippen molar-refractivity contribution < 1.29 is 23.8 Å². The quantitative estimate of drug-likeness (QED) is 0.0347. The van der Waals surface area contributed by atoms with Gasteiger partial charge in [0.05, 0.1) is 6.61 Å². The Labute approximate surface area is 383 Å². The summed E-state index contributed by atoms with van der Waals surface area (Å²) in [7, 11) is 0. The van der Waals surface area contributed by atoms with Crippen LogP contribution >= 0.6 is 0 Å². The Hall–Kier alpha value is -3.18. The molecule has 354 valence electrons. The van der Waals surface area contributed by atoms with Gasteiger partial charge in [0.15, 0.2) is 6.10 Å². The maximum absolute atomic E-state index is 12.7. The van der Waals surface area contributed by atoms with Crippen molar-refractivity contribution in [3.05, 3.63) is 97.2 Å². The molecule has 0 amide bonds. The average molecular weight is 861 g/mol. The Morgan fingerprint density at radius 2 is 0.694 bits per heavy atom. The Bertz CT molecular complexity index is 1200. The molecule has 0 heterocycles. The third kappa shape index (κ3) is 49.5. The van der Waals surface area contributed by atoms with E-state index in [2.05, 4.69) is 106 Å². The van der Waals surface area contributed by atoms with Crippen LogP contribution in [-0.4, -0.2) is 37.9 Å². The number of esters is 2. The van der Waals surface area contributed by atoms with Crippen LogP contribution in [0.5, 0.6) is 0 Å². The lowest BCUT2D eigenvalue weighted by Gasteiger charge is -2.18. The first-order chi connectivity index (χ1) is 30.6. The normalized spacial score (nSPS) is 13.0. The largest absolute Gasteiger partial charge is 0.462 e. The van der Waals surface area contributed by atoms with Gasteiger partial charge >= 0.3 is 11.9 Å². The van der Waals surface area contributed by atoms with Gasteiger partial charge in [0.25, 0.3) is 0 Å². The molecule has 0 fully saturated rings. The van der Waals surface area contributed by atoms with E-state index in [1.165, 1.54) is 116 Å². The molecule has 0 radical (unpaired) electrons. The van der Waals surface area contributed by atoms with Crippen molar-refractivity contribution in [2.75, 3.05) is 19.8 Å². The van der Waals surface area contributed by atoms with Gasteiger partial charge in [-0.3, -0.25) is 9.59 Å². The van der Waals surface area contributed by atoms with E-state index >= 15 is 0 Å². The maximum atomic E-state index is 12.7. The summed E-state index contributed by atoms with van der Waals surface area (Å²) >= 11 is 0. The lowest BCUT2D eigenvalue weighted by Crippen LogP contribution is -2.30. The smallest absolute Gasteiger partial charge is 0.306 e. The second-order valence-electron chi connectivity index (χ2n) is 16.7. The lowest BCUT2D eigenvalue weighted by molar-refractivity contribution is -0.162. The molecule has 5 nitrogen and oxygen atoms in total. The average Bonchev–Trinajstić information content (AvgIpc) is 3.27. The van der Waals surface area contributed by atoms with E-state index in [4.69, 9.17) is 14.2 Å². The lowest BCUT2D eigenvalue weighted by atomic mass is 10.0. The van der Waals surface area contributed by atoms with Crippen molar-refractivity contribution in [3.63, 3.8) is 0 Å². The molecule has 0 rings (SSSR count). The Morgan fingerprint density at radius 1 is 0.371 bits per heavy atom. The Balaban J connectivity index is 4.35. The minimum atomic E-state index is -0.605. The van der Waals surface area contributed by atoms with Gasteiger partial charge in [-0.15, -0.1) is 0 Å². The van der Waals surface area contributed by atoms with E-state index in [0.717, 1.165) is 64.2 Å². The minimum absolute atomic E-state index is 0.0159. The predicted octanol–water partition coefficient (Wildman–Crippen LogP) is 17.5. The number of ether oxygens (including phenoxy) is 3. The fraction of sp³-hybridized carbons (Fsp3) is 0.684. The number of rotatable bonds is 46. The highest BCUT2D eigenvalue weighted by molar-refractivity contribution is 5.70. The van der Waals surface area contributed by atoms with Gasteiger partial charge in [-0.1, -0.05) is 240 Å². The second-order valence-corrected chi connectivity index (χ2v) is 16.7. The molecule has 62 heavy (non-hydrogen) atoms. The van der Waals surface area contributed by atoms with Crippen LogP contribution in [0.3, 0.4) is 0 Å². The molecule has 0 saturated carbocycles. The van der Waals surface area contributed by atoms with Gasteiger partial charge < -0.3 is 14.2 Å². The molecule has 0 bridgehead atoms. The minimum Gasteiger partial charge on any atom is -0.462 e. The van der Waals surface area contributed by atoms with Crippen molar-refractivity contribution in [2.24, 2.45) is 0 Å². The van der Waals surface area contributed by atoms with Gasteiger partial charge in [0.2, 0.25) is 0 Å². The topological polar surface area (TPSA) is 61.8 Å². The highest BCUT2D eigenvalue weighted by Crippen LogP contribution is 2.15. The Kier molecular flexibility index (Phi) is 49.5. The van der Waals surface area contributed by atoms with Gasteiger partial charge in [-0.25, -0.2) is 0 Å². The van der Waals surface area contributed by atoms with E-state index < -0.39 is 6.10 Å². The fourth-order valence-electron chi connectivity index (χ4n) is 6.89. The summed E-state index contributed by atoms with van der Waals surface area (Å²) < 4.78 is 17.2. The SMILES string of the molecule is CC/C=C\C/C=C\C/C=C\C/C=C\CCC(=O)OCC(COCCCCCCCCCCCCCCCCCCCCCC)OC(=O)CC/C=C\C/C=C\C/C=C\C/C=C\CC. The summed E-state index contributed by atoms with van der Waals surface area (Å²) in [5.41, 5.74) is 0. The van der Waals surface area contributed by atoms with Crippen LogP contribution in [0.4, 0.5) is 0 Å². The molecule has 5 heteroatoms. The molecule has 0 spiro atoms. The van der Waals surface area contributed by atoms with Crippen LogP contribution in [0.15, 0.2) is 97.2 Å². The van der Waals surface area contributed by atoms with Gasteiger partial charge in [0, 0.05) is 19.4 Å². The summed E-state index contributed by atoms with van der Waals surface area (Å²) in [6, 6.07) is 0. The summed E-state index contributed by atoms with van der Waals surface area (Å²) in [6.07, 6.45) is 70.3. The predicted molar refractivity (Wildman–Crippen MR) is 270 cm³/mol. The van der Waals surface area contributed by atoms with Gasteiger partial charge in [0.1, 0.15) is 6.61 Å². The summed E-state index contributed by atoms with van der Waals surface area (Å²) in [4.78, 5) is 25.3. The third-order valence-corrected chi connectivity index (χ3v) is 10.6. The third-order valence-electron chi connectivity index (χ3n) is 10.6. The van der Waals surface area contributed by atoms with E-state index in [0.29, 0.717) is 25.9 Å². The van der Waals surface area contributed by atoms with Crippen molar-refractivity contribution in [2.45, 2.75) is 232 Å². The maximum Gasteiger partial charge on any atom is 0.306 e. The molecular formula is C57H96O5. The molecule has 0 aromatic carbocycles. The van der Waals surface area contributed by atoms with Crippen molar-refractivity contribution in [1.82, 2.24) is 0 Å². The van der Waals surface area contributed by atoms with Gasteiger partial charge in [-0.2, -0.15) is 0 Å². The van der Waals surface area contributed by atoms with E-state index in [1.54, 1.807) is 0 Å².